The van der Waals surface area contributed by atoms with Crippen LogP contribution in [0.4, 0.5) is 4.39 Å². The fourth-order valence-electron chi connectivity index (χ4n) is 4.49. The second-order valence-electron chi connectivity index (χ2n) is 7.73. The van der Waals surface area contributed by atoms with Crippen molar-refractivity contribution in [3.63, 3.8) is 0 Å². The number of halogens is 1. The van der Waals surface area contributed by atoms with Gasteiger partial charge in [0.2, 0.25) is 5.91 Å². The minimum Gasteiger partial charge on any atom is -0.341 e. The van der Waals surface area contributed by atoms with Crippen LogP contribution in [0.5, 0.6) is 0 Å². The number of likely N-dealkylation sites (tertiary alicyclic amines) is 1. The molecule has 1 saturated carbocycles. The van der Waals surface area contributed by atoms with Crippen LogP contribution in [-0.4, -0.2) is 38.7 Å². The lowest BCUT2D eigenvalue weighted by Gasteiger charge is -2.42. The number of carbonyl (C=O) groups is 1. The maximum atomic E-state index is 13.1. The zero-order chi connectivity index (χ0) is 18.1. The molecule has 1 aliphatic carbocycles. The van der Waals surface area contributed by atoms with Crippen LogP contribution in [-0.2, 0) is 17.8 Å². The lowest BCUT2D eigenvalue weighted by atomic mass is 9.62. The molecule has 26 heavy (non-hydrogen) atoms. The van der Waals surface area contributed by atoms with E-state index in [0.717, 1.165) is 43.7 Å². The Morgan fingerprint density at radius 3 is 2.73 bits per heavy atom. The van der Waals surface area contributed by atoms with Gasteiger partial charge in [-0.2, -0.15) is 0 Å². The molecule has 6 heteroatoms. The fraction of sp³-hybridized carbons (Fsp3) is 0.550. The van der Waals surface area contributed by atoms with E-state index < -0.39 is 0 Å². The summed E-state index contributed by atoms with van der Waals surface area (Å²) in [5.41, 5.74) is 1.02. The number of hydrogen-bond donors (Lipinski definition) is 0. The average Bonchev–Trinajstić information content (AvgIpc) is 3.21. The topological polar surface area (TPSA) is 51.0 Å². The highest BCUT2D eigenvalue weighted by atomic mass is 19.1. The first kappa shape index (κ1) is 17.2. The molecule has 1 aliphatic heterocycles. The third-order valence-electron chi connectivity index (χ3n) is 6.04. The summed E-state index contributed by atoms with van der Waals surface area (Å²) >= 11 is 0. The van der Waals surface area contributed by atoms with Crippen molar-refractivity contribution in [3.8, 4) is 0 Å². The predicted molar refractivity (Wildman–Crippen MR) is 96.0 cm³/mol. The molecule has 0 N–H and O–H groups in total. The second kappa shape index (κ2) is 6.82. The number of hydrogen-bond acceptors (Lipinski definition) is 3. The number of nitrogens with zero attached hydrogens (tertiary/aromatic N) is 4. The molecule has 138 valence electrons. The van der Waals surface area contributed by atoms with Crippen molar-refractivity contribution < 1.29 is 9.18 Å². The zero-order valence-electron chi connectivity index (χ0n) is 15.2. The summed E-state index contributed by atoms with van der Waals surface area (Å²) in [5, 5.41) is 8.54. The Morgan fingerprint density at radius 2 is 2.08 bits per heavy atom. The summed E-state index contributed by atoms with van der Waals surface area (Å²) in [4.78, 5) is 14.8. The predicted octanol–water partition coefficient (Wildman–Crippen LogP) is 3.17. The van der Waals surface area contributed by atoms with Crippen LogP contribution in [0.3, 0.4) is 0 Å². The van der Waals surface area contributed by atoms with Gasteiger partial charge in [0.25, 0.3) is 0 Å². The van der Waals surface area contributed by atoms with Crippen molar-refractivity contribution in [3.05, 3.63) is 47.8 Å². The lowest BCUT2D eigenvalue weighted by Crippen LogP contribution is -2.38. The quantitative estimate of drug-likeness (QED) is 0.827. The van der Waals surface area contributed by atoms with Crippen LogP contribution < -0.4 is 0 Å². The molecule has 1 spiro atoms. The van der Waals surface area contributed by atoms with Crippen molar-refractivity contribution >= 4 is 5.91 Å². The summed E-state index contributed by atoms with van der Waals surface area (Å²) < 4.78 is 15.2. The van der Waals surface area contributed by atoms with Crippen LogP contribution >= 0.6 is 0 Å². The maximum absolute atomic E-state index is 13.1. The minimum atomic E-state index is -0.272. The van der Waals surface area contributed by atoms with Gasteiger partial charge in [-0.3, -0.25) is 4.79 Å². The molecule has 2 fully saturated rings. The molecule has 4 rings (SSSR count). The molecule has 0 radical (unpaired) electrons. The van der Waals surface area contributed by atoms with Gasteiger partial charge in [-0.25, -0.2) is 4.39 Å². The summed E-state index contributed by atoms with van der Waals surface area (Å²) in [7, 11) is 0. The number of rotatable bonds is 5. The number of carbonyl (C=O) groups excluding carboxylic acids is 1. The number of aryl methyl sites for hydroxylation is 1. The molecular formula is C20H25FN4O. The van der Waals surface area contributed by atoms with Crippen molar-refractivity contribution in [2.75, 3.05) is 13.1 Å². The molecule has 1 aromatic heterocycles. The van der Waals surface area contributed by atoms with E-state index in [0.29, 0.717) is 13.0 Å². The van der Waals surface area contributed by atoms with Gasteiger partial charge in [-0.05, 0) is 42.4 Å². The highest BCUT2D eigenvalue weighted by Crippen LogP contribution is 2.55. The fourth-order valence-corrected chi connectivity index (χ4v) is 4.49. The van der Waals surface area contributed by atoms with Gasteiger partial charge in [-0.15, -0.1) is 10.2 Å². The normalized spacial score (nSPS) is 21.2. The van der Waals surface area contributed by atoms with Crippen LogP contribution in [0.1, 0.15) is 49.9 Å². The second-order valence-corrected chi connectivity index (χ2v) is 7.73. The maximum Gasteiger partial charge on any atom is 0.227 e. The molecule has 2 aliphatic rings. The molecule has 1 unspecified atom stereocenters. The summed E-state index contributed by atoms with van der Waals surface area (Å²) in [6.07, 6.45) is 6.70. The summed E-state index contributed by atoms with van der Waals surface area (Å²) in [6.45, 7) is 4.58. The molecular weight excluding hydrogens is 331 g/mol. The molecule has 2 heterocycles. The van der Waals surface area contributed by atoms with Crippen molar-refractivity contribution in [1.29, 1.82) is 0 Å². The number of aromatic nitrogens is 3. The molecule has 1 saturated heterocycles. The first-order valence-corrected chi connectivity index (χ1v) is 9.51. The third kappa shape index (κ3) is 3.02. The molecule has 0 bridgehead atoms. The van der Waals surface area contributed by atoms with Crippen LogP contribution in [0.2, 0.25) is 0 Å². The van der Waals surface area contributed by atoms with Crippen molar-refractivity contribution in [2.24, 2.45) is 5.41 Å². The van der Waals surface area contributed by atoms with E-state index in [1.807, 2.05) is 11.2 Å². The zero-order valence-corrected chi connectivity index (χ0v) is 15.2. The smallest absolute Gasteiger partial charge is 0.227 e. The van der Waals surface area contributed by atoms with E-state index in [-0.39, 0.29) is 23.1 Å². The Kier molecular flexibility index (Phi) is 4.51. The summed E-state index contributed by atoms with van der Waals surface area (Å²) in [6, 6.07) is 6.21. The Hall–Kier alpha value is -2.24. The molecule has 2 aromatic rings. The van der Waals surface area contributed by atoms with Gasteiger partial charge in [0.05, 0.1) is 6.42 Å². The number of amides is 1. The third-order valence-corrected chi connectivity index (χ3v) is 6.04. The standard InChI is InChI=1S/C20H25FN4O/c1-2-10-24-14-22-23-19(24)17-12-25(13-20(17)8-3-9-20)18(26)11-15-4-6-16(21)7-5-15/h4-7,14,17H,2-3,8-13H2,1H3. The van der Waals surface area contributed by atoms with Gasteiger partial charge >= 0.3 is 0 Å². The van der Waals surface area contributed by atoms with E-state index in [4.69, 9.17) is 0 Å². The Morgan fingerprint density at radius 1 is 1.31 bits per heavy atom. The largest absolute Gasteiger partial charge is 0.341 e. The summed E-state index contributed by atoms with van der Waals surface area (Å²) in [5.74, 6) is 1.14. The number of benzene rings is 1. The Labute approximate surface area is 153 Å². The highest BCUT2D eigenvalue weighted by molar-refractivity contribution is 5.79. The van der Waals surface area contributed by atoms with Crippen molar-refractivity contribution in [1.82, 2.24) is 19.7 Å². The van der Waals surface area contributed by atoms with E-state index in [1.165, 1.54) is 18.6 Å². The van der Waals surface area contributed by atoms with E-state index in [1.54, 1.807) is 12.1 Å². The van der Waals surface area contributed by atoms with Gasteiger partial charge in [0.1, 0.15) is 18.0 Å². The van der Waals surface area contributed by atoms with Gasteiger partial charge in [-0.1, -0.05) is 25.5 Å². The lowest BCUT2D eigenvalue weighted by molar-refractivity contribution is -0.130. The van der Waals surface area contributed by atoms with Crippen LogP contribution in [0.25, 0.3) is 0 Å². The van der Waals surface area contributed by atoms with E-state index >= 15 is 0 Å². The first-order valence-electron chi connectivity index (χ1n) is 9.51. The monoisotopic (exact) mass is 356 g/mol. The van der Waals surface area contributed by atoms with Gasteiger partial charge < -0.3 is 9.47 Å². The molecule has 1 atom stereocenters. The SMILES string of the molecule is CCCn1cnnc1C1CN(C(=O)Cc2ccc(F)cc2)CC12CCC2. The van der Waals surface area contributed by atoms with Crippen LogP contribution in [0.15, 0.2) is 30.6 Å². The Bertz CT molecular complexity index is 781. The first-order chi connectivity index (χ1) is 12.6. The molecule has 5 nitrogen and oxygen atoms in total. The molecule has 1 amide bonds. The van der Waals surface area contributed by atoms with Gasteiger partial charge in [0, 0.05) is 25.6 Å². The molecule has 1 aromatic carbocycles. The van der Waals surface area contributed by atoms with Gasteiger partial charge in [0.15, 0.2) is 0 Å². The highest BCUT2D eigenvalue weighted by Gasteiger charge is 2.53. The minimum absolute atomic E-state index is 0.118. The average molecular weight is 356 g/mol. The Balaban J connectivity index is 1.52. The van der Waals surface area contributed by atoms with E-state index in [2.05, 4.69) is 21.7 Å². The van der Waals surface area contributed by atoms with E-state index in [9.17, 15) is 9.18 Å². The van der Waals surface area contributed by atoms with Crippen molar-refractivity contribution in [2.45, 2.75) is 51.5 Å². The van der Waals surface area contributed by atoms with Crippen LogP contribution in [0, 0.1) is 11.2 Å².